The average molecular weight is 266 g/mol. The number of carbonyl (C=O) groups excluding carboxylic acids is 1. The van der Waals surface area contributed by atoms with Crippen molar-refractivity contribution in [1.29, 1.82) is 0 Å². The van der Waals surface area contributed by atoms with E-state index in [-0.39, 0.29) is 0 Å². The van der Waals surface area contributed by atoms with Crippen LogP contribution in [0.5, 0.6) is 0 Å². The first-order chi connectivity index (χ1) is 8.61. The molecule has 0 N–H and O–H groups in total. The number of halogens is 1. The third-order valence-electron chi connectivity index (χ3n) is 2.21. The largest absolute Gasteiger partial charge is 0.461 e. The maximum absolute atomic E-state index is 12.8. The average Bonchev–Trinajstić information content (AvgIpc) is 2.72. The van der Waals surface area contributed by atoms with E-state index in [0.717, 1.165) is 11.1 Å². The van der Waals surface area contributed by atoms with Gasteiger partial charge in [-0.1, -0.05) is 0 Å². The molecular formula is C12H11FN2O2S. The Morgan fingerprint density at radius 2 is 2.28 bits per heavy atom. The number of pyridine rings is 1. The molecule has 0 spiro atoms. The van der Waals surface area contributed by atoms with E-state index in [2.05, 4.69) is 9.97 Å². The monoisotopic (exact) mass is 266 g/mol. The fraction of sp³-hybridized carbons (Fsp3) is 0.250. The van der Waals surface area contributed by atoms with Crippen LogP contribution in [-0.4, -0.2) is 22.5 Å². The summed E-state index contributed by atoms with van der Waals surface area (Å²) in [6.07, 6.45) is 1.12. The summed E-state index contributed by atoms with van der Waals surface area (Å²) in [6.45, 7) is 3.83. The Morgan fingerprint density at radius 1 is 1.50 bits per heavy atom. The third kappa shape index (κ3) is 2.53. The van der Waals surface area contributed by atoms with Crippen LogP contribution in [0.3, 0.4) is 0 Å². The first-order valence-corrected chi connectivity index (χ1v) is 6.20. The molecule has 0 unspecified atom stereocenters. The molecule has 2 aromatic rings. The van der Waals surface area contributed by atoms with Gasteiger partial charge >= 0.3 is 5.97 Å². The van der Waals surface area contributed by atoms with Gasteiger partial charge in [-0.05, 0) is 26.0 Å². The fourth-order valence-electron chi connectivity index (χ4n) is 1.40. The first-order valence-electron chi connectivity index (χ1n) is 5.38. The number of aromatic nitrogens is 2. The van der Waals surface area contributed by atoms with Crippen molar-refractivity contribution >= 4 is 17.3 Å². The van der Waals surface area contributed by atoms with Crippen molar-refractivity contribution in [2.24, 2.45) is 0 Å². The third-order valence-corrected chi connectivity index (χ3v) is 3.21. The van der Waals surface area contributed by atoms with E-state index in [9.17, 15) is 9.18 Å². The second-order valence-electron chi connectivity index (χ2n) is 3.51. The van der Waals surface area contributed by atoms with E-state index in [4.69, 9.17) is 4.74 Å². The number of carbonyl (C=O) groups is 1. The minimum atomic E-state index is -0.445. The van der Waals surface area contributed by atoms with Crippen LogP contribution in [0.15, 0.2) is 18.3 Å². The second-order valence-corrected chi connectivity index (χ2v) is 4.71. The lowest BCUT2D eigenvalue weighted by molar-refractivity contribution is 0.0519. The van der Waals surface area contributed by atoms with Crippen molar-refractivity contribution in [3.63, 3.8) is 0 Å². The maximum atomic E-state index is 12.8. The summed E-state index contributed by atoms with van der Waals surface area (Å²) in [7, 11) is 0. The summed E-state index contributed by atoms with van der Waals surface area (Å²) >= 11 is 1.33. The van der Waals surface area contributed by atoms with Crippen LogP contribution in [0.25, 0.3) is 10.7 Å². The summed E-state index contributed by atoms with van der Waals surface area (Å²) in [4.78, 5) is 20.5. The molecule has 2 aromatic heterocycles. The minimum absolute atomic E-state index is 0.294. The number of rotatable bonds is 3. The SMILES string of the molecule is CCOC(=O)c1nc(-c2ccc(F)cn2)sc1C. The van der Waals surface area contributed by atoms with Gasteiger partial charge in [0.1, 0.15) is 10.8 Å². The Kier molecular flexibility index (Phi) is 3.66. The molecule has 0 aliphatic rings. The predicted molar refractivity (Wildman–Crippen MR) is 66.0 cm³/mol. The van der Waals surface area contributed by atoms with Crippen LogP contribution in [-0.2, 0) is 4.74 Å². The van der Waals surface area contributed by atoms with Crippen molar-refractivity contribution in [3.05, 3.63) is 34.7 Å². The van der Waals surface area contributed by atoms with Crippen LogP contribution in [0, 0.1) is 12.7 Å². The Bertz CT molecular complexity index is 566. The molecule has 0 atom stereocenters. The molecule has 0 bridgehead atoms. The molecule has 4 nitrogen and oxygen atoms in total. The van der Waals surface area contributed by atoms with Gasteiger partial charge in [-0.25, -0.2) is 14.2 Å². The Labute approximate surface area is 107 Å². The lowest BCUT2D eigenvalue weighted by atomic mass is 10.3. The number of hydrogen-bond acceptors (Lipinski definition) is 5. The highest BCUT2D eigenvalue weighted by atomic mass is 32.1. The topological polar surface area (TPSA) is 52.1 Å². The molecule has 0 aromatic carbocycles. The van der Waals surface area contributed by atoms with Crippen LogP contribution < -0.4 is 0 Å². The van der Waals surface area contributed by atoms with Crippen molar-refractivity contribution < 1.29 is 13.9 Å². The summed E-state index contributed by atoms with van der Waals surface area (Å²) in [5.41, 5.74) is 0.836. The van der Waals surface area contributed by atoms with Gasteiger partial charge in [-0.15, -0.1) is 11.3 Å². The lowest BCUT2D eigenvalue weighted by Gasteiger charge is -1.98. The summed E-state index contributed by atoms with van der Waals surface area (Å²) in [5, 5.41) is 0.579. The van der Waals surface area contributed by atoms with Gasteiger partial charge in [-0.2, -0.15) is 0 Å². The molecule has 0 aliphatic carbocycles. The van der Waals surface area contributed by atoms with Crippen LogP contribution in [0.2, 0.25) is 0 Å². The number of hydrogen-bond donors (Lipinski definition) is 0. The molecule has 6 heteroatoms. The maximum Gasteiger partial charge on any atom is 0.358 e. The number of nitrogens with zero attached hydrogens (tertiary/aromatic N) is 2. The zero-order chi connectivity index (χ0) is 13.1. The second kappa shape index (κ2) is 5.22. The van der Waals surface area contributed by atoms with E-state index >= 15 is 0 Å². The summed E-state index contributed by atoms with van der Waals surface area (Å²) in [6, 6.07) is 2.84. The zero-order valence-corrected chi connectivity index (χ0v) is 10.8. The number of aryl methyl sites for hydroxylation is 1. The molecule has 2 heterocycles. The van der Waals surface area contributed by atoms with Gasteiger partial charge in [-0.3, -0.25) is 4.98 Å². The van der Waals surface area contributed by atoms with Gasteiger partial charge in [0.25, 0.3) is 0 Å². The molecule has 0 aliphatic heterocycles. The molecule has 0 saturated heterocycles. The Balaban J connectivity index is 2.34. The van der Waals surface area contributed by atoms with Crippen molar-refractivity contribution in [2.45, 2.75) is 13.8 Å². The number of ether oxygens (including phenoxy) is 1. The molecular weight excluding hydrogens is 255 g/mol. The smallest absolute Gasteiger partial charge is 0.358 e. The van der Waals surface area contributed by atoms with Gasteiger partial charge in [0.15, 0.2) is 5.69 Å². The highest BCUT2D eigenvalue weighted by Crippen LogP contribution is 2.26. The lowest BCUT2D eigenvalue weighted by Crippen LogP contribution is -2.06. The van der Waals surface area contributed by atoms with Gasteiger partial charge in [0.05, 0.1) is 18.5 Å². The minimum Gasteiger partial charge on any atom is -0.461 e. The van der Waals surface area contributed by atoms with Crippen molar-refractivity contribution in [1.82, 2.24) is 9.97 Å². The molecule has 18 heavy (non-hydrogen) atoms. The van der Waals surface area contributed by atoms with E-state index in [0.29, 0.717) is 23.0 Å². The fourth-order valence-corrected chi connectivity index (χ4v) is 2.28. The molecule has 0 saturated carbocycles. The highest BCUT2D eigenvalue weighted by molar-refractivity contribution is 7.15. The van der Waals surface area contributed by atoms with E-state index < -0.39 is 11.8 Å². The van der Waals surface area contributed by atoms with E-state index in [1.165, 1.54) is 23.5 Å². The zero-order valence-electron chi connectivity index (χ0n) is 9.94. The Hall–Kier alpha value is -1.82. The molecule has 0 fully saturated rings. The van der Waals surface area contributed by atoms with Gasteiger partial charge in [0, 0.05) is 4.88 Å². The quantitative estimate of drug-likeness (QED) is 0.802. The standard InChI is InChI=1S/C12H11FN2O2S/c1-3-17-12(16)10-7(2)18-11(15-10)9-5-4-8(13)6-14-9/h4-6H,3H2,1-2H3. The molecule has 2 rings (SSSR count). The normalized spacial score (nSPS) is 10.4. The predicted octanol–water partition coefficient (Wildman–Crippen LogP) is 2.83. The molecule has 94 valence electrons. The summed E-state index contributed by atoms with van der Waals surface area (Å²) < 4.78 is 17.7. The number of thiazole rings is 1. The molecule has 0 radical (unpaired) electrons. The van der Waals surface area contributed by atoms with Crippen LogP contribution in [0.1, 0.15) is 22.3 Å². The van der Waals surface area contributed by atoms with Crippen molar-refractivity contribution in [3.8, 4) is 10.7 Å². The highest BCUT2D eigenvalue weighted by Gasteiger charge is 2.17. The van der Waals surface area contributed by atoms with E-state index in [1.807, 2.05) is 0 Å². The van der Waals surface area contributed by atoms with E-state index in [1.54, 1.807) is 13.8 Å². The van der Waals surface area contributed by atoms with Crippen LogP contribution in [0.4, 0.5) is 4.39 Å². The van der Waals surface area contributed by atoms with Crippen molar-refractivity contribution in [2.75, 3.05) is 6.61 Å². The number of esters is 1. The Morgan fingerprint density at radius 3 is 2.89 bits per heavy atom. The molecule has 0 amide bonds. The van der Waals surface area contributed by atoms with Crippen LogP contribution >= 0.6 is 11.3 Å². The van der Waals surface area contributed by atoms with Gasteiger partial charge in [0.2, 0.25) is 0 Å². The summed E-state index contributed by atoms with van der Waals surface area (Å²) in [5.74, 6) is -0.850. The van der Waals surface area contributed by atoms with Gasteiger partial charge < -0.3 is 4.74 Å². The first kappa shape index (κ1) is 12.6.